The molecule has 0 unspecified atom stereocenters. The Balaban J connectivity index is 1.35. The lowest BCUT2D eigenvalue weighted by Crippen LogP contribution is -2.36. The maximum atomic E-state index is 13.4. The van der Waals surface area contributed by atoms with Gasteiger partial charge in [-0.25, -0.2) is 4.39 Å². The van der Waals surface area contributed by atoms with Gasteiger partial charge >= 0.3 is 0 Å². The van der Waals surface area contributed by atoms with Crippen molar-refractivity contribution >= 4 is 0 Å². The number of fused-ring (bicyclic) bond motifs is 1. The first-order chi connectivity index (χ1) is 14.8. The highest BCUT2D eigenvalue weighted by atomic mass is 19.1. The lowest BCUT2D eigenvalue weighted by atomic mass is 9.60. The predicted octanol–water partition coefficient (Wildman–Crippen LogP) is 5.42. The molecule has 1 saturated heterocycles. The van der Waals surface area contributed by atoms with Crippen LogP contribution in [0.3, 0.4) is 0 Å². The van der Waals surface area contributed by atoms with E-state index >= 15 is 0 Å². The Morgan fingerprint density at radius 3 is 2.65 bits per heavy atom. The van der Waals surface area contributed by atoms with Crippen molar-refractivity contribution in [1.29, 1.82) is 0 Å². The van der Waals surface area contributed by atoms with Crippen LogP contribution in [-0.2, 0) is 0 Å². The number of nitrogens with zero attached hydrogens (tertiary/aromatic N) is 1. The van der Waals surface area contributed by atoms with Gasteiger partial charge in [-0.3, -0.25) is 0 Å². The van der Waals surface area contributed by atoms with Gasteiger partial charge in [-0.2, -0.15) is 0 Å². The van der Waals surface area contributed by atoms with E-state index in [1.54, 1.807) is 5.57 Å². The fourth-order valence-corrected chi connectivity index (χ4v) is 7.57. The maximum Gasteiger partial charge on any atom is 0.114 e. The lowest BCUT2D eigenvalue weighted by Gasteiger charge is -2.44. The average molecular weight is 434 g/mol. The third-order valence-corrected chi connectivity index (χ3v) is 9.15. The minimum Gasteiger partial charge on any atom is -0.393 e. The molecule has 0 aromatic rings. The number of hydrogen-bond donors (Lipinski definition) is 2. The van der Waals surface area contributed by atoms with Gasteiger partial charge in [-0.1, -0.05) is 37.1 Å². The van der Waals surface area contributed by atoms with E-state index in [0.29, 0.717) is 37.1 Å². The maximum absolute atomic E-state index is 13.4. The van der Waals surface area contributed by atoms with Crippen molar-refractivity contribution in [1.82, 2.24) is 4.90 Å². The molecule has 176 valence electrons. The number of rotatable bonds is 6. The fraction of sp³-hybridized carbons (Fsp3) is 0.852. The Bertz CT molecular complexity index is 664. The van der Waals surface area contributed by atoms with Gasteiger partial charge in [0.25, 0.3) is 0 Å². The average Bonchev–Trinajstić information content (AvgIpc) is 3.28. The van der Waals surface area contributed by atoms with Crippen LogP contribution in [0, 0.1) is 23.2 Å². The Hall–Kier alpha value is -0.710. The summed E-state index contributed by atoms with van der Waals surface area (Å²) < 4.78 is 13.4. The number of aliphatic hydroxyl groups excluding tert-OH is 2. The van der Waals surface area contributed by atoms with Crippen LogP contribution in [0.4, 0.5) is 4.39 Å². The summed E-state index contributed by atoms with van der Waals surface area (Å²) in [5.41, 5.74) is 3.22. The Morgan fingerprint density at radius 2 is 1.94 bits per heavy atom. The molecule has 1 heterocycles. The second-order valence-electron chi connectivity index (χ2n) is 11.4. The summed E-state index contributed by atoms with van der Waals surface area (Å²) in [7, 11) is 0. The van der Waals surface area contributed by atoms with Crippen molar-refractivity contribution in [3.63, 3.8) is 0 Å². The molecule has 31 heavy (non-hydrogen) atoms. The molecule has 0 spiro atoms. The number of aliphatic hydroxyl groups is 2. The SMILES string of the molecule is C[C@H](CCCN1CC[C@@H](F)C1)[C@H]1CC[C@H]2/C(=C/C=C3C[C@@H](O)C[C@H](O)C3)CCC[C@]12C. The van der Waals surface area contributed by atoms with Crippen LogP contribution in [0.5, 0.6) is 0 Å². The van der Waals surface area contributed by atoms with Gasteiger partial charge in [0.15, 0.2) is 0 Å². The zero-order valence-electron chi connectivity index (χ0n) is 19.7. The van der Waals surface area contributed by atoms with Gasteiger partial charge in [0.05, 0.1) is 12.2 Å². The van der Waals surface area contributed by atoms with E-state index < -0.39 is 18.4 Å². The minimum absolute atomic E-state index is 0.391. The van der Waals surface area contributed by atoms with Crippen LogP contribution >= 0.6 is 0 Å². The van der Waals surface area contributed by atoms with Crippen LogP contribution in [0.25, 0.3) is 0 Å². The van der Waals surface area contributed by atoms with Crippen molar-refractivity contribution in [3.8, 4) is 0 Å². The van der Waals surface area contributed by atoms with Gasteiger partial charge < -0.3 is 15.1 Å². The Morgan fingerprint density at radius 1 is 1.16 bits per heavy atom. The van der Waals surface area contributed by atoms with E-state index in [-0.39, 0.29) is 0 Å². The number of allylic oxidation sites excluding steroid dienone is 3. The van der Waals surface area contributed by atoms with Crippen molar-refractivity contribution < 1.29 is 14.6 Å². The van der Waals surface area contributed by atoms with E-state index in [0.717, 1.165) is 31.3 Å². The molecule has 0 aromatic heterocycles. The smallest absolute Gasteiger partial charge is 0.114 e. The van der Waals surface area contributed by atoms with Gasteiger partial charge in [0, 0.05) is 13.1 Å². The minimum atomic E-state index is -0.602. The van der Waals surface area contributed by atoms with Gasteiger partial charge in [-0.05, 0) is 100 Å². The van der Waals surface area contributed by atoms with Crippen molar-refractivity contribution in [2.75, 3.05) is 19.6 Å². The first kappa shape index (κ1) is 23.4. The molecule has 3 aliphatic carbocycles. The summed E-state index contributed by atoms with van der Waals surface area (Å²) in [5.74, 6) is 2.22. The van der Waals surface area contributed by atoms with E-state index in [1.165, 1.54) is 50.5 Å². The normalized spacial score (nSPS) is 41.5. The second kappa shape index (κ2) is 10.1. The highest BCUT2D eigenvalue weighted by molar-refractivity contribution is 5.26. The van der Waals surface area contributed by atoms with Crippen molar-refractivity contribution in [3.05, 3.63) is 23.3 Å². The highest BCUT2D eigenvalue weighted by Crippen LogP contribution is 2.59. The number of likely N-dealkylation sites (tertiary alicyclic amines) is 1. The molecule has 4 aliphatic rings. The van der Waals surface area contributed by atoms with Crippen molar-refractivity contribution in [2.45, 2.75) is 103 Å². The second-order valence-corrected chi connectivity index (χ2v) is 11.4. The molecule has 3 nitrogen and oxygen atoms in total. The predicted molar refractivity (Wildman–Crippen MR) is 125 cm³/mol. The summed E-state index contributed by atoms with van der Waals surface area (Å²) in [5, 5.41) is 20.0. The van der Waals surface area contributed by atoms with Crippen LogP contribution < -0.4 is 0 Å². The molecule has 7 atom stereocenters. The Labute approximate surface area is 188 Å². The summed E-state index contributed by atoms with van der Waals surface area (Å²) >= 11 is 0. The number of halogens is 1. The van der Waals surface area contributed by atoms with Crippen LogP contribution in [0.15, 0.2) is 23.3 Å². The van der Waals surface area contributed by atoms with Gasteiger partial charge in [0.1, 0.15) is 6.17 Å². The van der Waals surface area contributed by atoms with E-state index in [2.05, 4.69) is 30.9 Å². The molecule has 3 saturated carbocycles. The molecule has 4 heteroatoms. The molecule has 0 amide bonds. The Kier molecular flexibility index (Phi) is 7.60. The summed E-state index contributed by atoms with van der Waals surface area (Å²) in [4.78, 5) is 2.31. The largest absolute Gasteiger partial charge is 0.393 e. The molecule has 1 aliphatic heterocycles. The zero-order valence-corrected chi connectivity index (χ0v) is 19.7. The molecule has 0 bridgehead atoms. The van der Waals surface area contributed by atoms with Gasteiger partial charge in [0.2, 0.25) is 0 Å². The first-order valence-electron chi connectivity index (χ1n) is 13.0. The fourth-order valence-electron chi connectivity index (χ4n) is 7.57. The van der Waals surface area contributed by atoms with Crippen LogP contribution in [0.2, 0.25) is 0 Å². The van der Waals surface area contributed by atoms with E-state index in [9.17, 15) is 14.6 Å². The number of hydrogen-bond acceptors (Lipinski definition) is 3. The molecule has 0 aromatic carbocycles. The molecule has 4 fully saturated rings. The summed E-state index contributed by atoms with van der Waals surface area (Å²) in [6, 6.07) is 0. The van der Waals surface area contributed by atoms with E-state index in [1.807, 2.05) is 0 Å². The summed E-state index contributed by atoms with van der Waals surface area (Å²) in [6.07, 6.45) is 14.8. The van der Waals surface area contributed by atoms with Crippen LogP contribution in [0.1, 0.15) is 84.5 Å². The van der Waals surface area contributed by atoms with Crippen molar-refractivity contribution in [2.24, 2.45) is 23.2 Å². The molecular weight excluding hydrogens is 389 g/mol. The van der Waals surface area contributed by atoms with Crippen LogP contribution in [-0.4, -0.2) is 53.1 Å². The molecule has 0 radical (unpaired) electrons. The monoisotopic (exact) mass is 433 g/mol. The molecular formula is C27H44FNO2. The van der Waals surface area contributed by atoms with Gasteiger partial charge in [-0.15, -0.1) is 0 Å². The third-order valence-electron chi connectivity index (χ3n) is 9.15. The topological polar surface area (TPSA) is 43.7 Å². The summed E-state index contributed by atoms with van der Waals surface area (Å²) in [6.45, 7) is 7.67. The quantitative estimate of drug-likeness (QED) is 0.588. The first-order valence-corrected chi connectivity index (χ1v) is 13.0. The standard InChI is InChI=1S/C27H44FNO2/c1-19(5-4-13-29-14-11-22(28)18-29)25-9-10-26-21(6-3-12-27(25,26)2)8-7-20-15-23(30)17-24(31)16-20/h7-8,19,22-26,30-31H,3-6,9-18H2,1-2H3/b21-8+/t19-,22-,23-,24-,25-,26+,27-/m1/s1. The lowest BCUT2D eigenvalue weighted by molar-refractivity contribution is 0.0609. The zero-order chi connectivity index (χ0) is 22.0. The molecule has 4 rings (SSSR count). The van der Waals surface area contributed by atoms with E-state index in [4.69, 9.17) is 0 Å². The highest BCUT2D eigenvalue weighted by Gasteiger charge is 2.50. The third kappa shape index (κ3) is 5.45. The molecule has 2 N–H and O–H groups in total. The number of alkyl halides is 1.